The van der Waals surface area contributed by atoms with Crippen LogP contribution in [0.25, 0.3) is 16.3 Å². The van der Waals surface area contributed by atoms with E-state index in [1.165, 1.54) is 32.3 Å². The van der Waals surface area contributed by atoms with Crippen molar-refractivity contribution < 1.29 is 0 Å². The van der Waals surface area contributed by atoms with Crippen LogP contribution < -0.4 is 5.56 Å². The molecule has 120 valence electrons. The summed E-state index contributed by atoms with van der Waals surface area (Å²) in [5.41, 5.74) is 2.44. The number of hydrogen-bond donors (Lipinski definition) is 0. The van der Waals surface area contributed by atoms with Crippen molar-refractivity contribution in [2.45, 2.75) is 20.4 Å². The molecule has 0 saturated heterocycles. The molecule has 0 N–H and O–H groups in total. The lowest BCUT2D eigenvalue weighted by molar-refractivity contribution is 0.563. The van der Waals surface area contributed by atoms with E-state index < -0.39 is 0 Å². The molecule has 0 spiro atoms. The predicted octanol–water partition coefficient (Wildman–Crippen LogP) is 1.47. The largest absolute Gasteiger partial charge is 0.275 e. The van der Waals surface area contributed by atoms with Crippen molar-refractivity contribution in [3.05, 3.63) is 57.0 Å². The first-order valence-corrected chi connectivity index (χ1v) is 8.11. The molecule has 0 unspecified atom stereocenters. The van der Waals surface area contributed by atoms with Crippen LogP contribution >= 0.6 is 11.3 Å². The fourth-order valence-electron chi connectivity index (χ4n) is 2.31. The maximum atomic E-state index is 12.1. The van der Waals surface area contributed by atoms with Crippen LogP contribution in [0.5, 0.6) is 0 Å². The molecule has 0 bridgehead atoms. The molecule has 0 amide bonds. The van der Waals surface area contributed by atoms with Crippen LogP contribution in [0.3, 0.4) is 0 Å². The molecule has 3 aromatic heterocycles. The highest BCUT2D eigenvalue weighted by molar-refractivity contribution is 7.16. The minimum Gasteiger partial charge on any atom is -0.267 e. The first-order valence-electron chi connectivity index (χ1n) is 7.30. The molecule has 0 atom stereocenters. The Morgan fingerprint density at radius 1 is 1.12 bits per heavy atom. The van der Waals surface area contributed by atoms with Gasteiger partial charge in [-0.2, -0.15) is 14.4 Å². The molecule has 4 aromatic rings. The SMILES string of the molecule is Cc1ccc(-c2nnn(Cc3cc(=O)n4nc(C)sc4n3)n2)cc1. The molecule has 1 aromatic carbocycles. The monoisotopic (exact) mass is 339 g/mol. The van der Waals surface area contributed by atoms with Gasteiger partial charge in [-0.1, -0.05) is 41.2 Å². The lowest BCUT2D eigenvalue weighted by Gasteiger charge is -1.99. The molecule has 9 heteroatoms. The smallest absolute Gasteiger partial charge is 0.267 e. The topological polar surface area (TPSA) is 90.9 Å². The number of tetrazole rings is 1. The summed E-state index contributed by atoms with van der Waals surface area (Å²) in [6.45, 7) is 4.14. The number of rotatable bonds is 3. The second-order valence-electron chi connectivity index (χ2n) is 5.41. The van der Waals surface area contributed by atoms with Crippen molar-refractivity contribution in [2.75, 3.05) is 0 Å². The molecule has 3 heterocycles. The molecule has 0 aliphatic rings. The van der Waals surface area contributed by atoms with Gasteiger partial charge < -0.3 is 0 Å². The highest BCUT2D eigenvalue weighted by atomic mass is 32.1. The van der Waals surface area contributed by atoms with Crippen LogP contribution in [-0.4, -0.2) is 34.8 Å². The Kier molecular flexibility index (Phi) is 3.42. The summed E-state index contributed by atoms with van der Waals surface area (Å²) in [4.78, 5) is 18.5. The average molecular weight is 339 g/mol. The fraction of sp³-hybridized carbons (Fsp3) is 0.200. The van der Waals surface area contributed by atoms with Crippen molar-refractivity contribution in [2.24, 2.45) is 0 Å². The average Bonchev–Trinajstić information content (AvgIpc) is 3.14. The Morgan fingerprint density at radius 3 is 2.71 bits per heavy atom. The lowest BCUT2D eigenvalue weighted by Crippen LogP contribution is -2.17. The van der Waals surface area contributed by atoms with Crippen LogP contribution in [0.4, 0.5) is 0 Å². The van der Waals surface area contributed by atoms with E-state index in [1.807, 2.05) is 38.1 Å². The molecule has 4 rings (SSSR count). The van der Waals surface area contributed by atoms with Gasteiger partial charge in [0, 0.05) is 11.6 Å². The predicted molar refractivity (Wildman–Crippen MR) is 89.0 cm³/mol. The molecule has 0 fully saturated rings. The molecule has 0 aliphatic heterocycles. The van der Waals surface area contributed by atoms with E-state index in [0.29, 0.717) is 16.5 Å². The van der Waals surface area contributed by atoms with Gasteiger partial charge in [0.25, 0.3) is 5.56 Å². The third-order valence-corrected chi connectivity index (χ3v) is 4.29. The first kappa shape index (κ1) is 14.6. The summed E-state index contributed by atoms with van der Waals surface area (Å²) in [5.74, 6) is 0.543. The second kappa shape index (κ2) is 5.60. The van der Waals surface area contributed by atoms with Gasteiger partial charge in [-0.05, 0) is 19.1 Å². The van der Waals surface area contributed by atoms with Crippen LogP contribution in [0.1, 0.15) is 16.3 Å². The number of aromatic nitrogens is 7. The molecule has 24 heavy (non-hydrogen) atoms. The summed E-state index contributed by atoms with van der Waals surface area (Å²) in [5, 5.41) is 17.4. The summed E-state index contributed by atoms with van der Waals surface area (Å²) in [7, 11) is 0. The summed E-state index contributed by atoms with van der Waals surface area (Å²) in [6, 6.07) is 9.35. The quantitative estimate of drug-likeness (QED) is 0.561. The first-order chi connectivity index (χ1) is 11.6. The van der Waals surface area contributed by atoms with Gasteiger partial charge in [0.2, 0.25) is 10.8 Å². The maximum Gasteiger partial charge on any atom is 0.275 e. The number of nitrogens with zero attached hydrogens (tertiary/aromatic N) is 7. The Labute approximate surface area is 140 Å². The molecule has 0 aliphatic carbocycles. The van der Waals surface area contributed by atoms with Gasteiger partial charge in [-0.25, -0.2) is 4.98 Å². The Bertz CT molecular complexity index is 1080. The highest BCUT2D eigenvalue weighted by Crippen LogP contribution is 2.14. The van der Waals surface area contributed by atoms with Gasteiger partial charge in [0.05, 0.1) is 5.69 Å². The van der Waals surface area contributed by atoms with Crippen molar-refractivity contribution in [3.8, 4) is 11.4 Å². The van der Waals surface area contributed by atoms with E-state index in [2.05, 4.69) is 25.5 Å². The van der Waals surface area contributed by atoms with Crippen molar-refractivity contribution in [3.63, 3.8) is 0 Å². The van der Waals surface area contributed by atoms with Crippen molar-refractivity contribution >= 4 is 16.3 Å². The van der Waals surface area contributed by atoms with Crippen LogP contribution in [0, 0.1) is 13.8 Å². The van der Waals surface area contributed by atoms with Crippen molar-refractivity contribution in [1.29, 1.82) is 0 Å². The normalized spacial score (nSPS) is 11.2. The molecule has 8 nitrogen and oxygen atoms in total. The zero-order valence-corrected chi connectivity index (χ0v) is 13.9. The number of aryl methyl sites for hydroxylation is 2. The maximum absolute atomic E-state index is 12.1. The summed E-state index contributed by atoms with van der Waals surface area (Å²) < 4.78 is 1.30. The van der Waals surface area contributed by atoms with Crippen LogP contribution in [0.15, 0.2) is 35.1 Å². The Morgan fingerprint density at radius 2 is 1.92 bits per heavy atom. The zero-order chi connectivity index (χ0) is 16.7. The lowest BCUT2D eigenvalue weighted by atomic mass is 10.1. The van der Waals surface area contributed by atoms with E-state index in [-0.39, 0.29) is 12.1 Å². The van der Waals surface area contributed by atoms with Gasteiger partial charge >= 0.3 is 0 Å². The third kappa shape index (κ3) is 2.69. The molecular formula is C15H13N7OS. The van der Waals surface area contributed by atoms with Gasteiger partial charge in [0.15, 0.2) is 0 Å². The number of benzene rings is 1. The Hall–Kier alpha value is -2.94. The van der Waals surface area contributed by atoms with Crippen LogP contribution in [0.2, 0.25) is 0 Å². The van der Waals surface area contributed by atoms with E-state index in [0.717, 1.165) is 10.6 Å². The minimum atomic E-state index is -0.210. The van der Waals surface area contributed by atoms with Crippen LogP contribution in [-0.2, 0) is 6.54 Å². The standard InChI is InChI=1S/C15H13N7OS/c1-9-3-5-11(6-4-9)14-17-20-21(19-14)8-12-7-13(23)22-15(16-12)24-10(2)18-22/h3-7H,8H2,1-2H3. The molecule has 0 saturated carbocycles. The third-order valence-electron chi connectivity index (χ3n) is 3.47. The van der Waals surface area contributed by atoms with E-state index in [9.17, 15) is 4.79 Å². The summed E-state index contributed by atoms with van der Waals surface area (Å²) in [6.07, 6.45) is 0. The van der Waals surface area contributed by atoms with E-state index >= 15 is 0 Å². The molecular weight excluding hydrogens is 326 g/mol. The fourth-order valence-corrected chi connectivity index (χ4v) is 3.07. The minimum absolute atomic E-state index is 0.210. The van der Waals surface area contributed by atoms with E-state index in [1.54, 1.807) is 0 Å². The van der Waals surface area contributed by atoms with Gasteiger partial charge in [-0.15, -0.1) is 10.2 Å². The zero-order valence-electron chi connectivity index (χ0n) is 13.0. The van der Waals surface area contributed by atoms with Gasteiger partial charge in [-0.3, -0.25) is 4.79 Å². The van der Waals surface area contributed by atoms with Gasteiger partial charge in [0.1, 0.15) is 11.6 Å². The van der Waals surface area contributed by atoms with Crippen molar-refractivity contribution in [1.82, 2.24) is 34.8 Å². The number of hydrogen-bond acceptors (Lipinski definition) is 7. The highest BCUT2D eigenvalue weighted by Gasteiger charge is 2.10. The number of fused-ring (bicyclic) bond motifs is 1. The Balaban J connectivity index is 1.64. The molecule has 0 radical (unpaired) electrons. The summed E-state index contributed by atoms with van der Waals surface area (Å²) >= 11 is 1.37. The second-order valence-corrected chi connectivity index (χ2v) is 6.57. The van der Waals surface area contributed by atoms with E-state index in [4.69, 9.17) is 0 Å².